The zero-order chi connectivity index (χ0) is 55.5. The molecule has 0 radical (unpaired) electrons. The number of carbonyl (C=O) groups excluding carboxylic acids is 4. The van der Waals surface area contributed by atoms with Crippen molar-refractivity contribution in [2.75, 3.05) is 42.8 Å². The fourth-order valence-electron chi connectivity index (χ4n) is 9.81. The second-order valence-electron chi connectivity index (χ2n) is 20.0. The first-order valence-corrected chi connectivity index (χ1v) is 26.5. The molecule has 0 aliphatic carbocycles. The van der Waals surface area contributed by atoms with E-state index in [0.29, 0.717) is 28.3 Å². The minimum absolute atomic E-state index is 0.0223. The molecule has 0 spiro atoms. The molecule has 0 bridgehead atoms. The second-order valence-corrected chi connectivity index (χ2v) is 21.2. The van der Waals surface area contributed by atoms with Crippen molar-refractivity contribution in [3.8, 4) is 28.0 Å². The lowest BCUT2D eigenvalue weighted by atomic mass is 10.0. The lowest BCUT2D eigenvalue weighted by Crippen LogP contribution is -2.55. The zero-order valence-electron chi connectivity index (χ0n) is 43.6. The molecule has 8 rings (SSSR count). The fraction of sp³-hybridized carbons (Fsp3) is 0.411. The Labute approximate surface area is 454 Å². The standard InChI is InChI=1S/C56H60F3N7O9S2/c1-32(2)48(64-29-39-10-8-9-11-44(39)51(64)69)52(70)63-30-42(67)26-46(63)50(68)61-28-38-13-12-36(49-33(3)62-31-77-49)24-47(38)75-23-21-73-35(5)34(4)72-20-22-74-43-18-16-40(17-19-43)66-54(76)65(53(71)55(66,6)7)41-15-14-37(27-60)45(25-41)56(57,58)59/h8-19,24-25,31-32,34-35,42,46,48,67H,20-23,26,28-30H2,1-7H3,(H,61,68)/t34-,35-,42-,46?,48+/m1/s1. The normalized spacial score (nSPS) is 18.4. The first-order chi connectivity index (χ1) is 36.6. The van der Waals surface area contributed by atoms with Crippen molar-refractivity contribution in [2.24, 2.45) is 5.92 Å². The molecular weight excluding hydrogens is 1040 g/mol. The van der Waals surface area contributed by atoms with Crippen LogP contribution in [0.4, 0.5) is 24.5 Å². The van der Waals surface area contributed by atoms with Crippen molar-refractivity contribution in [2.45, 2.75) is 110 Å². The highest BCUT2D eigenvalue weighted by atomic mass is 32.1. The highest BCUT2D eigenvalue weighted by Gasteiger charge is 2.51. The topological polar surface area (TPSA) is 187 Å². The summed E-state index contributed by atoms with van der Waals surface area (Å²) in [6, 6.07) is 22.5. The SMILES string of the molecule is Cc1ncsc1-c1ccc(CNC(=O)C2C[C@@H](O)CN2C(=O)[C@H](C(C)C)N2Cc3ccccc3C2=O)c(OCCO[C@H](C)[C@@H](C)OCCOc2ccc(N3C(=S)N(c4ccc(C#N)c(C(F)(F)F)c4)C(=O)C3(C)C)cc2)c1. The summed E-state index contributed by atoms with van der Waals surface area (Å²) in [7, 11) is 0. The van der Waals surface area contributed by atoms with E-state index in [-0.39, 0.29) is 93.2 Å². The van der Waals surface area contributed by atoms with E-state index in [2.05, 4.69) is 10.3 Å². The smallest absolute Gasteiger partial charge is 0.417 e. The number of thiocarbonyl (C=S) groups is 1. The van der Waals surface area contributed by atoms with Gasteiger partial charge in [0.25, 0.3) is 11.8 Å². The molecule has 1 unspecified atom stereocenters. The van der Waals surface area contributed by atoms with Crippen LogP contribution in [0.1, 0.15) is 86.3 Å². The lowest BCUT2D eigenvalue weighted by molar-refractivity contribution is -0.143. The Morgan fingerprint density at radius 3 is 2.25 bits per heavy atom. The largest absolute Gasteiger partial charge is 0.491 e. The Morgan fingerprint density at radius 1 is 0.935 bits per heavy atom. The third kappa shape index (κ3) is 12.0. The number of aliphatic hydroxyl groups excluding tert-OH is 1. The van der Waals surface area contributed by atoms with E-state index in [9.17, 15) is 42.7 Å². The van der Waals surface area contributed by atoms with Gasteiger partial charge >= 0.3 is 6.18 Å². The highest BCUT2D eigenvalue weighted by Crippen LogP contribution is 2.41. The third-order valence-corrected chi connectivity index (χ3v) is 15.4. The van der Waals surface area contributed by atoms with Gasteiger partial charge in [0.2, 0.25) is 11.8 Å². The van der Waals surface area contributed by atoms with Crippen molar-refractivity contribution in [1.82, 2.24) is 20.1 Å². The average molecular weight is 1100 g/mol. The van der Waals surface area contributed by atoms with Crippen molar-refractivity contribution >= 4 is 63.7 Å². The maximum Gasteiger partial charge on any atom is 0.417 e. The maximum absolute atomic E-state index is 14.3. The molecular formula is C56H60F3N7O9S2. The molecule has 2 fully saturated rings. The van der Waals surface area contributed by atoms with E-state index >= 15 is 0 Å². The Hall–Kier alpha value is -6.96. The van der Waals surface area contributed by atoms with Gasteiger partial charge in [0.15, 0.2) is 5.11 Å². The Bertz CT molecular complexity index is 3070. The number of nitrogens with zero attached hydrogens (tertiary/aromatic N) is 6. The Kier molecular flexibility index (Phi) is 17.0. The average Bonchev–Trinajstić information content (AvgIpc) is 4.20. The van der Waals surface area contributed by atoms with Crippen molar-refractivity contribution in [1.29, 1.82) is 5.26 Å². The molecule has 5 atom stereocenters. The summed E-state index contributed by atoms with van der Waals surface area (Å²) in [4.78, 5) is 66.3. The van der Waals surface area contributed by atoms with Crippen LogP contribution in [0.5, 0.6) is 11.5 Å². The number of alkyl halides is 3. The molecule has 21 heteroatoms. The number of anilines is 2. The highest BCUT2D eigenvalue weighted by molar-refractivity contribution is 7.81. The van der Waals surface area contributed by atoms with Gasteiger partial charge in [-0.3, -0.25) is 24.1 Å². The summed E-state index contributed by atoms with van der Waals surface area (Å²) in [5.41, 5.74) is 3.01. The molecule has 3 aliphatic rings. The van der Waals surface area contributed by atoms with Crippen molar-refractivity contribution in [3.05, 3.63) is 124 Å². The summed E-state index contributed by atoms with van der Waals surface area (Å²) >= 11 is 7.15. The number of benzene rings is 4. The van der Waals surface area contributed by atoms with E-state index in [4.69, 9.17) is 31.2 Å². The van der Waals surface area contributed by atoms with Crippen molar-refractivity contribution < 1.29 is 56.4 Å². The number of nitrogens with one attached hydrogen (secondary N) is 1. The summed E-state index contributed by atoms with van der Waals surface area (Å²) < 4.78 is 65.8. The predicted octanol–water partition coefficient (Wildman–Crippen LogP) is 8.45. The van der Waals surface area contributed by atoms with Crippen LogP contribution < -0.4 is 24.6 Å². The zero-order valence-corrected chi connectivity index (χ0v) is 45.3. The second kappa shape index (κ2) is 23.3. The number of carbonyl (C=O) groups is 4. The lowest BCUT2D eigenvalue weighted by Gasteiger charge is -2.35. The fourth-order valence-corrected chi connectivity index (χ4v) is 11.1. The Morgan fingerprint density at radius 2 is 1.61 bits per heavy atom. The minimum Gasteiger partial charge on any atom is -0.491 e. The number of aryl methyl sites for hydroxylation is 1. The number of likely N-dealkylation sites (tertiary alicyclic amines) is 1. The van der Waals surface area contributed by atoms with Gasteiger partial charge in [-0.05, 0) is 118 Å². The molecule has 3 aliphatic heterocycles. The van der Waals surface area contributed by atoms with Gasteiger partial charge < -0.3 is 44.1 Å². The summed E-state index contributed by atoms with van der Waals surface area (Å²) in [6.45, 7) is 13.7. The molecule has 4 heterocycles. The molecule has 4 amide bonds. The molecule has 5 aromatic rings. The predicted molar refractivity (Wildman–Crippen MR) is 286 cm³/mol. The number of thiazole rings is 1. The first kappa shape index (κ1) is 56.2. The monoisotopic (exact) mass is 1100 g/mol. The number of rotatable bonds is 20. The number of hydrogen-bond donors (Lipinski definition) is 2. The summed E-state index contributed by atoms with van der Waals surface area (Å²) in [5, 5.41) is 23.0. The van der Waals surface area contributed by atoms with E-state index < -0.39 is 52.8 Å². The number of fused-ring (bicyclic) bond motifs is 1. The molecule has 0 saturated carbocycles. The van der Waals surface area contributed by atoms with Gasteiger partial charge in [0, 0.05) is 42.9 Å². The van der Waals surface area contributed by atoms with Crippen LogP contribution >= 0.6 is 23.6 Å². The van der Waals surface area contributed by atoms with Gasteiger partial charge in [0.1, 0.15) is 42.3 Å². The van der Waals surface area contributed by atoms with Crippen molar-refractivity contribution in [3.63, 3.8) is 0 Å². The van der Waals surface area contributed by atoms with E-state index in [1.165, 1.54) is 22.3 Å². The number of β-amino-alcohol motifs (C(OH)–C–C–N with tert-alkyl or cyclic N) is 1. The Balaban J connectivity index is 0.822. The van der Waals surface area contributed by atoms with Gasteiger partial charge in [-0.25, -0.2) is 4.98 Å². The van der Waals surface area contributed by atoms with Crippen LogP contribution in [0.25, 0.3) is 10.4 Å². The summed E-state index contributed by atoms with van der Waals surface area (Å²) in [6.07, 6.45) is -6.36. The maximum atomic E-state index is 14.3. The molecule has 4 aromatic carbocycles. The number of amides is 4. The number of ether oxygens (including phenoxy) is 4. The van der Waals surface area contributed by atoms with Crippen LogP contribution in [0, 0.1) is 24.2 Å². The molecule has 16 nitrogen and oxygen atoms in total. The number of hydrogen-bond acceptors (Lipinski definition) is 13. The number of aliphatic hydroxyl groups is 1. The molecule has 1 aromatic heterocycles. The quantitative estimate of drug-likeness (QED) is 0.0559. The van der Waals surface area contributed by atoms with E-state index in [1.54, 1.807) is 71.6 Å². The van der Waals surface area contributed by atoms with Crippen LogP contribution in [0.15, 0.2) is 90.4 Å². The number of nitriles is 1. The van der Waals surface area contributed by atoms with Crippen LogP contribution in [-0.2, 0) is 43.1 Å². The number of halogens is 3. The van der Waals surface area contributed by atoms with Gasteiger partial charge in [0.05, 0.1) is 70.5 Å². The van der Waals surface area contributed by atoms with Crippen LogP contribution in [0.2, 0.25) is 0 Å². The summed E-state index contributed by atoms with van der Waals surface area (Å²) in [5.74, 6) is -0.839. The third-order valence-electron chi connectivity index (χ3n) is 14.0. The first-order valence-electron chi connectivity index (χ1n) is 25.2. The van der Waals surface area contributed by atoms with Gasteiger partial charge in [-0.2, -0.15) is 18.4 Å². The van der Waals surface area contributed by atoms with Gasteiger partial charge in [-0.15, -0.1) is 11.3 Å². The molecule has 2 N–H and O–H groups in total. The minimum atomic E-state index is -4.82. The van der Waals surface area contributed by atoms with E-state index in [1.807, 2.05) is 65.0 Å². The van der Waals surface area contributed by atoms with Gasteiger partial charge in [-0.1, -0.05) is 44.2 Å². The van der Waals surface area contributed by atoms with Crippen LogP contribution in [-0.4, -0.2) is 118 Å². The number of aromatic nitrogens is 1. The van der Waals surface area contributed by atoms with Crippen LogP contribution in [0.3, 0.4) is 0 Å². The van der Waals surface area contributed by atoms with E-state index in [0.717, 1.165) is 38.7 Å². The molecule has 2 saturated heterocycles. The molecule has 77 heavy (non-hydrogen) atoms. The molecule has 406 valence electrons.